The summed E-state index contributed by atoms with van der Waals surface area (Å²) in [6, 6.07) is 6.33. The molecule has 5 rings (SSSR count). The highest BCUT2D eigenvalue weighted by Crippen LogP contribution is 2.33. The van der Waals surface area contributed by atoms with E-state index in [1.165, 1.54) is 4.88 Å². The van der Waals surface area contributed by atoms with E-state index in [1.54, 1.807) is 17.4 Å². The van der Waals surface area contributed by atoms with Crippen LogP contribution in [-0.4, -0.2) is 34.7 Å². The zero-order valence-corrected chi connectivity index (χ0v) is 19.2. The van der Waals surface area contributed by atoms with Crippen molar-refractivity contribution in [2.75, 3.05) is 0 Å². The van der Waals surface area contributed by atoms with E-state index in [0.717, 1.165) is 55.8 Å². The molecule has 0 fully saturated rings. The smallest absolute Gasteiger partial charge is 0.181 e. The molecule has 0 atom stereocenters. The third-order valence-electron chi connectivity index (χ3n) is 5.59. The molecule has 0 radical (unpaired) electrons. The monoisotopic (exact) mass is 441 g/mol. The summed E-state index contributed by atoms with van der Waals surface area (Å²) in [5.74, 6) is 1.67. The van der Waals surface area contributed by atoms with E-state index in [2.05, 4.69) is 56.9 Å². The molecule has 5 heterocycles. The first-order valence-corrected chi connectivity index (χ1v) is 11.1. The minimum Gasteiger partial charge on any atom is -0.340 e. The van der Waals surface area contributed by atoms with Gasteiger partial charge in [-0.15, -0.1) is 11.3 Å². The molecule has 5 aromatic heterocycles. The Kier molecular flexibility index (Phi) is 4.86. The number of nitrogens with zero attached hydrogens (tertiary/aromatic N) is 5. The molecule has 0 aliphatic rings. The quantitative estimate of drug-likeness (QED) is 0.360. The fourth-order valence-corrected chi connectivity index (χ4v) is 4.70. The maximum absolute atomic E-state index is 4.95. The van der Waals surface area contributed by atoms with E-state index in [0.29, 0.717) is 5.65 Å². The Bertz CT molecular complexity index is 1490. The fraction of sp³-hybridized carbons (Fsp3) is 0.167. The van der Waals surface area contributed by atoms with Crippen LogP contribution in [0.4, 0.5) is 0 Å². The fourth-order valence-electron chi connectivity index (χ4n) is 3.81. The normalized spacial score (nSPS) is 12.1. The van der Waals surface area contributed by atoms with Crippen LogP contribution in [0.2, 0.25) is 0 Å². The average Bonchev–Trinajstić information content (AvgIpc) is 3.54. The van der Waals surface area contributed by atoms with Crippen LogP contribution in [0, 0.1) is 20.8 Å². The molecule has 160 valence electrons. The second kappa shape index (κ2) is 7.72. The van der Waals surface area contributed by atoms with Gasteiger partial charge in [-0.1, -0.05) is 18.7 Å². The van der Waals surface area contributed by atoms with Crippen LogP contribution in [0.25, 0.3) is 39.4 Å². The van der Waals surface area contributed by atoms with E-state index in [9.17, 15) is 0 Å². The Morgan fingerprint density at radius 3 is 2.69 bits per heavy atom. The zero-order valence-electron chi connectivity index (χ0n) is 18.4. The van der Waals surface area contributed by atoms with Gasteiger partial charge in [-0.05, 0) is 39.0 Å². The van der Waals surface area contributed by atoms with Crippen molar-refractivity contribution >= 4 is 27.9 Å². The first kappa shape index (κ1) is 20.1. The van der Waals surface area contributed by atoms with Gasteiger partial charge in [0.2, 0.25) is 0 Å². The van der Waals surface area contributed by atoms with Gasteiger partial charge in [-0.25, -0.2) is 15.0 Å². The molecule has 0 aromatic carbocycles. The van der Waals surface area contributed by atoms with Gasteiger partial charge in [-0.2, -0.15) is 5.10 Å². The summed E-state index contributed by atoms with van der Waals surface area (Å²) in [7, 11) is 2.00. The van der Waals surface area contributed by atoms with Crippen LogP contribution in [0.5, 0.6) is 0 Å². The number of aromatic nitrogens is 7. The molecule has 5 aromatic rings. The van der Waals surface area contributed by atoms with Gasteiger partial charge in [-0.3, -0.25) is 5.10 Å². The van der Waals surface area contributed by atoms with Gasteiger partial charge >= 0.3 is 0 Å². The Morgan fingerprint density at radius 1 is 1.16 bits per heavy atom. The summed E-state index contributed by atoms with van der Waals surface area (Å²) in [5, 5.41) is 8.42. The van der Waals surface area contributed by atoms with Crippen LogP contribution in [0.1, 0.15) is 27.0 Å². The maximum Gasteiger partial charge on any atom is 0.181 e. The van der Waals surface area contributed by atoms with E-state index < -0.39 is 0 Å². The topological polar surface area (TPSA) is 88.1 Å². The van der Waals surface area contributed by atoms with Crippen molar-refractivity contribution in [2.45, 2.75) is 20.8 Å². The van der Waals surface area contributed by atoms with Crippen LogP contribution in [-0.2, 0) is 7.05 Å². The number of aryl methyl sites for hydroxylation is 3. The number of nitrogens with one attached hydrogen (secondary N) is 2. The maximum atomic E-state index is 4.95. The Balaban J connectivity index is 1.62. The standard InChI is InChI=1S/C24H23N7S/c1-6-7-17(20-9-8-13(2)32-20)21-14(3)27-24(28-21)22-18-10-16(11-26-23(18)30-29-22)19-12-25-15(4)31(19)5/h6-12H,1H2,2-5H3,(H,27,28)(H,26,29,30)/b17-7-. The molecular weight excluding hydrogens is 418 g/mol. The highest BCUT2D eigenvalue weighted by molar-refractivity contribution is 7.13. The van der Waals surface area contributed by atoms with Gasteiger partial charge in [0.15, 0.2) is 11.5 Å². The largest absolute Gasteiger partial charge is 0.340 e. The molecule has 0 bridgehead atoms. The van der Waals surface area contributed by atoms with Crippen molar-refractivity contribution in [3.8, 4) is 22.8 Å². The number of hydrogen-bond acceptors (Lipinski definition) is 5. The van der Waals surface area contributed by atoms with Crippen molar-refractivity contribution < 1.29 is 0 Å². The number of hydrogen-bond donors (Lipinski definition) is 2. The first-order chi connectivity index (χ1) is 15.5. The number of fused-ring (bicyclic) bond motifs is 1. The number of thiophene rings is 1. The molecule has 32 heavy (non-hydrogen) atoms. The van der Waals surface area contributed by atoms with Gasteiger partial charge in [0, 0.05) is 39.8 Å². The number of rotatable bonds is 5. The molecule has 0 saturated carbocycles. The molecule has 0 spiro atoms. The van der Waals surface area contributed by atoms with Gasteiger partial charge in [0.05, 0.1) is 23.0 Å². The number of aromatic amines is 2. The molecule has 0 aliphatic heterocycles. The molecule has 0 aliphatic carbocycles. The van der Waals surface area contributed by atoms with E-state index in [1.807, 2.05) is 43.9 Å². The molecular formula is C24H23N7S. The van der Waals surface area contributed by atoms with Crippen molar-refractivity contribution in [3.05, 3.63) is 76.3 Å². The summed E-state index contributed by atoms with van der Waals surface area (Å²) in [4.78, 5) is 19.8. The van der Waals surface area contributed by atoms with Crippen molar-refractivity contribution in [3.63, 3.8) is 0 Å². The number of H-pyrrole nitrogens is 2. The van der Waals surface area contributed by atoms with E-state index >= 15 is 0 Å². The highest BCUT2D eigenvalue weighted by Gasteiger charge is 2.19. The summed E-state index contributed by atoms with van der Waals surface area (Å²) in [6.07, 6.45) is 7.50. The lowest BCUT2D eigenvalue weighted by atomic mass is 10.1. The SMILES string of the molecule is C=C/C=C(/c1ccc(C)s1)c1nc(-c2[nH]nc3ncc(-c4cnc(C)n4C)cc23)[nH]c1C. The van der Waals surface area contributed by atoms with E-state index in [4.69, 9.17) is 4.98 Å². The first-order valence-electron chi connectivity index (χ1n) is 10.3. The number of imidazole rings is 2. The number of pyridine rings is 1. The van der Waals surface area contributed by atoms with Crippen LogP contribution < -0.4 is 0 Å². The highest BCUT2D eigenvalue weighted by atomic mass is 32.1. The predicted octanol–water partition coefficient (Wildman–Crippen LogP) is 5.35. The Hall–Kier alpha value is -3.78. The minimum atomic E-state index is 0.647. The summed E-state index contributed by atoms with van der Waals surface area (Å²) >= 11 is 1.74. The summed E-state index contributed by atoms with van der Waals surface area (Å²) in [5.41, 5.74) is 6.37. The molecule has 2 N–H and O–H groups in total. The Morgan fingerprint density at radius 2 is 2.00 bits per heavy atom. The average molecular weight is 442 g/mol. The molecule has 8 heteroatoms. The Labute approximate surface area is 189 Å². The lowest BCUT2D eigenvalue weighted by Crippen LogP contribution is -1.94. The van der Waals surface area contributed by atoms with Crippen LogP contribution in [0.15, 0.2) is 49.3 Å². The van der Waals surface area contributed by atoms with Crippen molar-refractivity contribution in [1.82, 2.24) is 34.7 Å². The zero-order chi connectivity index (χ0) is 22.4. The second-order valence-corrected chi connectivity index (χ2v) is 9.02. The summed E-state index contributed by atoms with van der Waals surface area (Å²) in [6.45, 7) is 10.0. The van der Waals surface area contributed by atoms with Gasteiger partial charge in [0.25, 0.3) is 0 Å². The third kappa shape index (κ3) is 3.29. The molecule has 0 saturated heterocycles. The molecule has 0 amide bonds. The van der Waals surface area contributed by atoms with Gasteiger partial charge < -0.3 is 9.55 Å². The predicted molar refractivity (Wildman–Crippen MR) is 129 cm³/mol. The molecule has 7 nitrogen and oxygen atoms in total. The van der Waals surface area contributed by atoms with Gasteiger partial charge in [0.1, 0.15) is 11.5 Å². The van der Waals surface area contributed by atoms with Crippen molar-refractivity contribution in [2.24, 2.45) is 7.05 Å². The van der Waals surface area contributed by atoms with Crippen LogP contribution >= 0.6 is 11.3 Å². The van der Waals surface area contributed by atoms with E-state index in [-0.39, 0.29) is 0 Å². The van der Waals surface area contributed by atoms with Crippen molar-refractivity contribution in [1.29, 1.82) is 0 Å². The second-order valence-electron chi connectivity index (χ2n) is 7.73. The molecule has 0 unspecified atom stereocenters. The lowest BCUT2D eigenvalue weighted by molar-refractivity contribution is 0.865. The third-order valence-corrected chi connectivity index (χ3v) is 6.63. The lowest BCUT2D eigenvalue weighted by Gasteiger charge is -2.04. The minimum absolute atomic E-state index is 0.647. The number of allylic oxidation sites excluding steroid dienone is 2. The summed E-state index contributed by atoms with van der Waals surface area (Å²) < 4.78 is 2.05. The van der Waals surface area contributed by atoms with Crippen LogP contribution in [0.3, 0.4) is 0 Å².